The molecular weight excluding hydrogens is 222 g/mol. The van der Waals surface area contributed by atoms with Crippen molar-refractivity contribution in [3.8, 4) is 0 Å². The molecule has 100 valence electrons. The molecule has 0 bridgehead atoms. The summed E-state index contributed by atoms with van der Waals surface area (Å²) in [7, 11) is 0. The predicted molar refractivity (Wildman–Crippen MR) is 63.4 cm³/mol. The zero-order valence-electron chi connectivity index (χ0n) is 10.8. The molecule has 1 unspecified atom stereocenters. The molecular formula is C12H23NO4. The number of aliphatic hydroxyl groups is 1. The van der Waals surface area contributed by atoms with E-state index in [0.29, 0.717) is 13.2 Å². The maximum Gasteiger partial charge on any atom is 0.214 e. The Balaban J connectivity index is 2.35. The van der Waals surface area contributed by atoms with Crippen molar-refractivity contribution < 1.29 is 19.4 Å². The molecule has 5 nitrogen and oxygen atoms in total. The fourth-order valence-electron chi connectivity index (χ4n) is 1.97. The summed E-state index contributed by atoms with van der Waals surface area (Å²) in [6.45, 7) is 6.70. The van der Waals surface area contributed by atoms with Crippen molar-refractivity contribution in [2.45, 2.75) is 52.2 Å². The van der Waals surface area contributed by atoms with Gasteiger partial charge in [-0.3, -0.25) is 10.1 Å². The minimum absolute atomic E-state index is 0.00557. The molecule has 1 aliphatic heterocycles. The number of hydrogen-bond acceptors (Lipinski definition) is 5. The van der Waals surface area contributed by atoms with Crippen LogP contribution in [0.3, 0.4) is 0 Å². The molecule has 0 aromatic carbocycles. The highest BCUT2D eigenvalue weighted by molar-refractivity contribution is 5.81. The van der Waals surface area contributed by atoms with E-state index in [9.17, 15) is 9.90 Å². The first kappa shape index (κ1) is 14.6. The van der Waals surface area contributed by atoms with Gasteiger partial charge in [0.15, 0.2) is 0 Å². The van der Waals surface area contributed by atoms with Crippen molar-refractivity contribution in [1.82, 2.24) is 5.32 Å². The van der Waals surface area contributed by atoms with Crippen LogP contribution in [-0.4, -0.2) is 42.7 Å². The van der Waals surface area contributed by atoms with Crippen LogP contribution >= 0.6 is 0 Å². The van der Waals surface area contributed by atoms with E-state index in [2.05, 4.69) is 5.32 Å². The van der Waals surface area contributed by atoms with Gasteiger partial charge in [-0.2, -0.15) is 0 Å². The average Bonchev–Trinajstić information content (AvgIpc) is 2.26. The summed E-state index contributed by atoms with van der Waals surface area (Å²) in [5, 5.41) is 12.5. The van der Waals surface area contributed by atoms with E-state index in [4.69, 9.17) is 9.47 Å². The quantitative estimate of drug-likeness (QED) is 0.673. The molecule has 0 aliphatic carbocycles. The summed E-state index contributed by atoms with van der Waals surface area (Å²) in [6.07, 6.45) is 0.483. The average molecular weight is 245 g/mol. The lowest BCUT2D eigenvalue weighted by Gasteiger charge is -2.28. The number of hydrogen-bond donors (Lipinski definition) is 2. The van der Waals surface area contributed by atoms with E-state index < -0.39 is 6.41 Å². The summed E-state index contributed by atoms with van der Waals surface area (Å²) in [5.74, 6) is 0.134. The van der Waals surface area contributed by atoms with Crippen molar-refractivity contribution >= 4 is 5.78 Å². The van der Waals surface area contributed by atoms with Crippen LogP contribution in [0.2, 0.25) is 0 Å². The number of nitrogens with one attached hydrogen (secondary N) is 1. The first-order valence-electron chi connectivity index (χ1n) is 6.18. The molecule has 1 heterocycles. The van der Waals surface area contributed by atoms with Crippen LogP contribution in [0.5, 0.6) is 0 Å². The molecule has 2 N–H and O–H groups in total. The fraction of sp³-hybridized carbons (Fsp3) is 0.917. The van der Waals surface area contributed by atoms with E-state index in [1.165, 1.54) is 6.92 Å². The Kier molecular flexibility index (Phi) is 6.05. The van der Waals surface area contributed by atoms with E-state index in [1.54, 1.807) is 0 Å². The Labute approximate surface area is 102 Å². The second-order valence-corrected chi connectivity index (χ2v) is 4.80. The highest BCUT2D eigenvalue weighted by Crippen LogP contribution is 2.12. The zero-order valence-corrected chi connectivity index (χ0v) is 10.8. The van der Waals surface area contributed by atoms with Gasteiger partial charge < -0.3 is 14.6 Å². The lowest BCUT2D eigenvalue weighted by molar-refractivity contribution is -0.178. The van der Waals surface area contributed by atoms with Gasteiger partial charge in [0, 0.05) is 13.2 Å². The summed E-state index contributed by atoms with van der Waals surface area (Å²) in [4.78, 5) is 11.4. The third kappa shape index (κ3) is 5.12. The first-order chi connectivity index (χ1) is 8.00. The van der Waals surface area contributed by atoms with Crippen LogP contribution in [0.4, 0.5) is 0 Å². The molecule has 1 aliphatic rings. The Bertz CT molecular complexity index is 239. The van der Waals surface area contributed by atoms with Gasteiger partial charge in [-0.25, -0.2) is 0 Å². The third-order valence-corrected chi connectivity index (χ3v) is 2.92. The Morgan fingerprint density at radius 1 is 1.41 bits per heavy atom. The van der Waals surface area contributed by atoms with E-state index in [0.717, 1.165) is 12.8 Å². The zero-order chi connectivity index (χ0) is 12.8. The number of ketones is 1. The van der Waals surface area contributed by atoms with Crippen LogP contribution in [0.15, 0.2) is 0 Å². The molecule has 1 fully saturated rings. The molecule has 0 spiro atoms. The van der Waals surface area contributed by atoms with E-state index >= 15 is 0 Å². The Morgan fingerprint density at radius 2 is 2.00 bits per heavy atom. The van der Waals surface area contributed by atoms with Crippen LogP contribution in [0, 0.1) is 5.92 Å². The summed E-state index contributed by atoms with van der Waals surface area (Å²) >= 11 is 0. The van der Waals surface area contributed by atoms with Crippen LogP contribution in [0.25, 0.3) is 0 Å². The molecule has 2 atom stereocenters. The molecule has 0 amide bonds. The largest absolute Gasteiger partial charge is 0.381 e. The minimum Gasteiger partial charge on any atom is -0.381 e. The maximum atomic E-state index is 11.4. The summed E-state index contributed by atoms with van der Waals surface area (Å²) < 4.78 is 10.6. The smallest absolute Gasteiger partial charge is 0.214 e. The second kappa shape index (κ2) is 7.06. The van der Waals surface area contributed by atoms with Crippen LogP contribution < -0.4 is 5.32 Å². The van der Waals surface area contributed by atoms with Crippen molar-refractivity contribution in [2.75, 3.05) is 13.2 Å². The van der Waals surface area contributed by atoms with Gasteiger partial charge >= 0.3 is 0 Å². The third-order valence-electron chi connectivity index (χ3n) is 2.92. The molecule has 5 heteroatoms. The van der Waals surface area contributed by atoms with Crippen LogP contribution in [0.1, 0.15) is 33.6 Å². The molecule has 0 aromatic rings. The molecule has 0 radical (unpaired) electrons. The molecule has 0 aromatic heterocycles. The lowest BCUT2D eigenvalue weighted by Crippen LogP contribution is -2.48. The van der Waals surface area contributed by atoms with Crippen LogP contribution in [-0.2, 0) is 14.3 Å². The van der Waals surface area contributed by atoms with Gasteiger partial charge in [0.2, 0.25) is 6.41 Å². The highest BCUT2D eigenvalue weighted by Gasteiger charge is 2.24. The first-order valence-corrected chi connectivity index (χ1v) is 6.18. The highest BCUT2D eigenvalue weighted by atomic mass is 16.6. The predicted octanol–water partition coefficient (Wildman–Crippen LogP) is 0.661. The summed E-state index contributed by atoms with van der Waals surface area (Å²) in [5.41, 5.74) is 0. The second-order valence-electron chi connectivity index (χ2n) is 4.80. The van der Waals surface area contributed by atoms with Crippen molar-refractivity contribution in [3.05, 3.63) is 0 Å². The number of Topliss-reactive ketones (excluding diaryl/α,β-unsaturated/α-hetero) is 1. The van der Waals surface area contributed by atoms with Gasteiger partial charge in [-0.1, -0.05) is 13.8 Å². The number of rotatable bonds is 6. The maximum absolute atomic E-state index is 11.4. The van der Waals surface area contributed by atoms with Gasteiger partial charge in [0.1, 0.15) is 5.78 Å². The molecule has 17 heavy (non-hydrogen) atoms. The molecule has 0 saturated carbocycles. The van der Waals surface area contributed by atoms with Gasteiger partial charge in [-0.15, -0.1) is 0 Å². The van der Waals surface area contributed by atoms with Crippen molar-refractivity contribution in [2.24, 2.45) is 5.92 Å². The SMILES string of the molecule is CC(=O)[C@H](NC(O)OC1CCOCC1)C(C)C. The number of carbonyl (C=O) groups is 1. The van der Waals surface area contributed by atoms with Gasteiger partial charge in [0.25, 0.3) is 0 Å². The van der Waals surface area contributed by atoms with Gasteiger partial charge in [0.05, 0.1) is 12.1 Å². The Hall–Kier alpha value is -0.490. The van der Waals surface area contributed by atoms with Gasteiger partial charge in [-0.05, 0) is 25.7 Å². The monoisotopic (exact) mass is 245 g/mol. The lowest BCUT2D eigenvalue weighted by atomic mass is 10.0. The number of ether oxygens (including phenoxy) is 2. The van der Waals surface area contributed by atoms with E-state index in [-0.39, 0.29) is 23.8 Å². The van der Waals surface area contributed by atoms with Crippen molar-refractivity contribution in [3.63, 3.8) is 0 Å². The summed E-state index contributed by atoms with van der Waals surface area (Å²) in [6, 6.07) is -0.371. The Morgan fingerprint density at radius 3 is 2.47 bits per heavy atom. The van der Waals surface area contributed by atoms with E-state index in [1.807, 2.05) is 13.8 Å². The fourth-order valence-corrected chi connectivity index (χ4v) is 1.97. The topological polar surface area (TPSA) is 67.8 Å². The standard InChI is InChI=1S/C12H23NO4/c1-8(2)11(9(3)14)13-12(15)17-10-4-6-16-7-5-10/h8,10-13,15H,4-7H2,1-3H3/t11-,12?/m1/s1. The number of carbonyl (C=O) groups excluding carboxylic acids is 1. The number of aliphatic hydroxyl groups excluding tert-OH is 1. The molecule has 1 saturated heterocycles. The molecule has 1 rings (SSSR count). The van der Waals surface area contributed by atoms with Crippen molar-refractivity contribution in [1.29, 1.82) is 0 Å². The normalized spacial score (nSPS) is 21.5. The minimum atomic E-state index is -1.09.